The van der Waals surface area contributed by atoms with Gasteiger partial charge in [-0.1, -0.05) is 45.0 Å². The van der Waals surface area contributed by atoms with Crippen molar-refractivity contribution in [2.45, 2.75) is 52.6 Å². The molecule has 1 heterocycles. The number of aryl methyl sites for hydroxylation is 1. The van der Waals surface area contributed by atoms with Crippen molar-refractivity contribution < 1.29 is 4.42 Å². The van der Waals surface area contributed by atoms with E-state index in [9.17, 15) is 0 Å². The van der Waals surface area contributed by atoms with Gasteiger partial charge in [0.15, 0.2) is 0 Å². The Morgan fingerprint density at radius 1 is 1.20 bits per heavy atom. The molecular formula is C17H24N2O. The molecule has 0 aliphatic heterocycles. The third-order valence-electron chi connectivity index (χ3n) is 3.44. The second kappa shape index (κ2) is 5.80. The molecule has 0 bridgehead atoms. The minimum absolute atomic E-state index is 0.117. The van der Waals surface area contributed by atoms with Gasteiger partial charge < -0.3 is 9.73 Å². The number of hydrogen-bond acceptors (Lipinski definition) is 3. The first-order valence-corrected chi connectivity index (χ1v) is 7.11. The van der Waals surface area contributed by atoms with E-state index in [2.05, 4.69) is 62.3 Å². The number of oxazole rings is 1. The minimum Gasteiger partial charge on any atom is -0.444 e. The molecule has 3 nitrogen and oxygen atoms in total. The Morgan fingerprint density at radius 2 is 1.85 bits per heavy atom. The van der Waals surface area contributed by atoms with Crippen LogP contribution in [0.5, 0.6) is 0 Å². The summed E-state index contributed by atoms with van der Waals surface area (Å²) < 4.78 is 5.52. The van der Waals surface area contributed by atoms with Crippen molar-refractivity contribution in [1.82, 2.24) is 10.3 Å². The Morgan fingerprint density at radius 3 is 2.35 bits per heavy atom. The van der Waals surface area contributed by atoms with Crippen molar-refractivity contribution in [3.8, 4) is 0 Å². The van der Waals surface area contributed by atoms with Crippen molar-refractivity contribution >= 4 is 0 Å². The average Bonchev–Trinajstić information content (AvgIpc) is 2.82. The molecule has 0 saturated heterocycles. The second-order valence-electron chi connectivity index (χ2n) is 6.36. The molecule has 108 valence electrons. The Labute approximate surface area is 121 Å². The van der Waals surface area contributed by atoms with Gasteiger partial charge in [-0.2, -0.15) is 0 Å². The average molecular weight is 272 g/mol. The summed E-state index contributed by atoms with van der Waals surface area (Å²) in [4.78, 5) is 4.25. The Bertz CT molecular complexity index is 549. The summed E-state index contributed by atoms with van der Waals surface area (Å²) in [6.45, 7) is 11.5. The van der Waals surface area contributed by atoms with Gasteiger partial charge in [0.2, 0.25) is 5.89 Å². The first kappa shape index (κ1) is 14.8. The van der Waals surface area contributed by atoms with E-state index in [1.807, 2.05) is 6.92 Å². The Hall–Kier alpha value is -1.61. The van der Waals surface area contributed by atoms with Crippen molar-refractivity contribution in [2.75, 3.05) is 0 Å². The molecule has 0 fully saturated rings. The minimum atomic E-state index is 0.117. The maximum absolute atomic E-state index is 5.52. The first-order valence-electron chi connectivity index (χ1n) is 7.11. The molecule has 1 aromatic carbocycles. The smallest absolute Gasteiger partial charge is 0.211 e. The van der Waals surface area contributed by atoms with Crippen LogP contribution in [0, 0.1) is 6.92 Å². The van der Waals surface area contributed by atoms with Gasteiger partial charge in [0, 0.05) is 6.54 Å². The fraction of sp³-hybridized carbons (Fsp3) is 0.471. The van der Waals surface area contributed by atoms with Crippen LogP contribution in [0.1, 0.15) is 56.5 Å². The van der Waals surface area contributed by atoms with E-state index in [-0.39, 0.29) is 11.5 Å². The zero-order valence-electron chi connectivity index (χ0n) is 13.0. The number of aromatic nitrogens is 1. The molecule has 0 aliphatic rings. The second-order valence-corrected chi connectivity index (χ2v) is 6.36. The maximum Gasteiger partial charge on any atom is 0.211 e. The van der Waals surface area contributed by atoms with E-state index in [0.717, 1.165) is 18.2 Å². The lowest BCUT2D eigenvalue weighted by Gasteiger charge is -2.19. The predicted octanol–water partition coefficient (Wildman–Crippen LogP) is 4.13. The van der Waals surface area contributed by atoms with E-state index in [0.29, 0.717) is 0 Å². The summed E-state index contributed by atoms with van der Waals surface area (Å²) in [5.41, 5.74) is 2.83. The molecule has 0 aliphatic carbocycles. The summed E-state index contributed by atoms with van der Waals surface area (Å²) in [5.74, 6) is 1.59. The summed E-state index contributed by atoms with van der Waals surface area (Å²) in [6, 6.07) is 8.89. The number of hydrogen-bond donors (Lipinski definition) is 1. The SMILES string of the molecule is Cc1cnc(C(C)NCc2ccc(C(C)(C)C)cc2)o1. The highest BCUT2D eigenvalue weighted by Crippen LogP contribution is 2.22. The van der Waals surface area contributed by atoms with Crippen LogP contribution in [0.25, 0.3) is 0 Å². The quantitative estimate of drug-likeness (QED) is 0.909. The van der Waals surface area contributed by atoms with Gasteiger partial charge in [0.25, 0.3) is 0 Å². The molecule has 1 atom stereocenters. The molecule has 3 heteroatoms. The van der Waals surface area contributed by atoms with Gasteiger partial charge in [-0.25, -0.2) is 4.98 Å². The number of nitrogens with one attached hydrogen (secondary N) is 1. The third-order valence-corrected chi connectivity index (χ3v) is 3.44. The number of rotatable bonds is 4. The lowest BCUT2D eigenvalue weighted by atomic mass is 9.87. The molecule has 1 N–H and O–H groups in total. The zero-order chi connectivity index (χ0) is 14.8. The lowest BCUT2D eigenvalue weighted by molar-refractivity contribution is 0.402. The van der Waals surface area contributed by atoms with Gasteiger partial charge in [-0.3, -0.25) is 0 Å². The molecule has 0 amide bonds. The molecule has 20 heavy (non-hydrogen) atoms. The summed E-state index contributed by atoms with van der Waals surface area (Å²) >= 11 is 0. The Balaban J connectivity index is 1.94. The molecule has 2 aromatic rings. The maximum atomic E-state index is 5.52. The van der Waals surface area contributed by atoms with Gasteiger partial charge in [-0.05, 0) is 30.4 Å². The van der Waals surface area contributed by atoms with Crippen LogP contribution >= 0.6 is 0 Å². The number of nitrogens with zero attached hydrogens (tertiary/aromatic N) is 1. The largest absolute Gasteiger partial charge is 0.444 e. The van der Waals surface area contributed by atoms with E-state index >= 15 is 0 Å². The van der Waals surface area contributed by atoms with E-state index < -0.39 is 0 Å². The van der Waals surface area contributed by atoms with E-state index in [1.165, 1.54) is 11.1 Å². The summed E-state index contributed by atoms with van der Waals surface area (Å²) in [5, 5.41) is 3.43. The van der Waals surface area contributed by atoms with E-state index in [1.54, 1.807) is 6.20 Å². The van der Waals surface area contributed by atoms with Crippen LogP contribution < -0.4 is 5.32 Å². The molecule has 1 unspecified atom stereocenters. The van der Waals surface area contributed by atoms with Crippen LogP contribution in [0.3, 0.4) is 0 Å². The van der Waals surface area contributed by atoms with Crippen molar-refractivity contribution in [3.05, 3.63) is 53.2 Å². The molecule has 1 aromatic heterocycles. The molecular weight excluding hydrogens is 248 g/mol. The fourth-order valence-corrected chi connectivity index (χ4v) is 2.05. The summed E-state index contributed by atoms with van der Waals surface area (Å²) in [6.07, 6.45) is 1.76. The topological polar surface area (TPSA) is 38.1 Å². The fourth-order valence-electron chi connectivity index (χ4n) is 2.05. The third kappa shape index (κ3) is 3.70. The standard InChI is InChI=1S/C17H24N2O/c1-12-10-19-16(20-12)13(2)18-11-14-6-8-15(9-7-14)17(3,4)5/h6-10,13,18H,11H2,1-5H3. The molecule has 0 radical (unpaired) electrons. The van der Waals surface area contributed by atoms with Crippen LogP contribution in [-0.4, -0.2) is 4.98 Å². The lowest BCUT2D eigenvalue weighted by Crippen LogP contribution is -2.18. The summed E-state index contributed by atoms with van der Waals surface area (Å²) in [7, 11) is 0. The van der Waals surface area contributed by atoms with Gasteiger partial charge in [-0.15, -0.1) is 0 Å². The zero-order valence-corrected chi connectivity index (χ0v) is 13.0. The highest BCUT2D eigenvalue weighted by Gasteiger charge is 2.13. The molecule has 0 saturated carbocycles. The van der Waals surface area contributed by atoms with Crippen molar-refractivity contribution in [3.63, 3.8) is 0 Å². The first-order chi connectivity index (χ1) is 9.36. The monoisotopic (exact) mass is 272 g/mol. The van der Waals surface area contributed by atoms with Crippen LogP contribution in [0.4, 0.5) is 0 Å². The van der Waals surface area contributed by atoms with E-state index in [4.69, 9.17) is 4.42 Å². The normalized spacial score (nSPS) is 13.4. The molecule has 2 rings (SSSR count). The predicted molar refractivity (Wildman–Crippen MR) is 81.6 cm³/mol. The van der Waals surface area contributed by atoms with Gasteiger partial charge in [0.1, 0.15) is 5.76 Å². The van der Waals surface area contributed by atoms with Crippen LogP contribution in [-0.2, 0) is 12.0 Å². The van der Waals surface area contributed by atoms with Crippen molar-refractivity contribution in [2.24, 2.45) is 0 Å². The highest BCUT2D eigenvalue weighted by molar-refractivity contribution is 5.27. The molecule has 0 spiro atoms. The number of benzene rings is 1. The Kier molecular flexibility index (Phi) is 4.29. The van der Waals surface area contributed by atoms with Crippen molar-refractivity contribution in [1.29, 1.82) is 0 Å². The van der Waals surface area contributed by atoms with Gasteiger partial charge in [0.05, 0.1) is 12.2 Å². The van der Waals surface area contributed by atoms with Crippen LogP contribution in [0.2, 0.25) is 0 Å². The van der Waals surface area contributed by atoms with Crippen LogP contribution in [0.15, 0.2) is 34.9 Å². The highest BCUT2D eigenvalue weighted by atomic mass is 16.4. The van der Waals surface area contributed by atoms with Gasteiger partial charge >= 0.3 is 0 Å².